The minimum absolute atomic E-state index is 0.0589. The third-order valence-electron chi connectivity index (χ3n) is 6.33. The van der Waals surface area contributed by atoms with Crippen molar-refractivity contribution in [2.24, 2.45) is 5.92 Å². The van der Waals surface area contributed by atoms with Crippen molar-refractivity contribution in [3.8, 4) is 0 Å². The Morgan fingerprint density at radius 1 is 0.846 bits per heavy atom. The van der Waals surface area contributed by atoms with Crippen LogP contribution in [0, 0.1) is 19.8 Å². The predicted octanol–water partition coefficient (Wildman–Crippen LogP) is 5.34. The molecule has 1 unspecified atom stereocenters. The van der Waals surface area contributed by atoms with E-state index in [4.69, 9.17) is 11.6 Å². The average molecular weight is 570 g/mol. The second-order valence-electron chi connectivity index (χ2n) is 10.1. The van der Waals surface area contributed by atoms with Gasteiger partial charge in [-0.2, -0.15) is 0 Å². The molecule has 39 heavy (non-hydrogen) atoms. The van der Waals surface area contributed by atoms with Crippen molar-refractivity contribution in [2.45, 2.75) is 52.1 Å². The molecular weight excluding hydrogens is 534 g/mol. The van der Waals surface area contributed by atoms with Gasteiger partial charge in [0.15, 0.2) is 0 Å². The fourth-order valence-electron chi connectivity index (χ4n) is 3.90. The summed E-state index contributed by atoms with van der Waals surface area (Å²) in [7, 11) is -4.12. The molecule has 2 amide bonds. The molecule has 0 aliphatic heterocycles. The fourth-order valence-corrected chi connectivity index (χ4v) is 5.44. The Labute approximate surface area is 236 Å². The van der Waals surface area contributed by atoms with Gasteiger partial charge >= 0.3 is 0 Å². The minimum atomic E-state index is -4.12. The number of aryl methyl sites for hydroxylation is 2. The highest BCUT2D eigenvalue weighted by Gasteiger charge is 2.32. The Morgan fingerprint density at radius 3 is 1.92 bits per heavy atom. The van der Waals surface area contributed by atoms with Gasteiger partial charge in [0.05, 0.1) is 10.6 Å². The first-order valence-electron chi connectivity index (χ1n) is 12.9. The monoisotopic (exact) mass is 569 g/mol. The van der Waals surface area contributed by atoms with E-state index in [0.29, 0.717) is 17.3 Å². The molecule has 0 bridgehead atoms. The van der Waals surface area contributed by atoms with Crippen LogP contribution in [0.2, 0.25) is 5.02 Å². The van der Waals surface area contributed by atoms with Crippen molar-refractivity contribution >= 4 is 39.1 Å². The van der Waals surface area contributed by atoms with Crippen LogP contribution in [0.5, 0.6) is 0 Å². The maximum atomic E-state index is 13.9. The molecule has 0 aromatic heterocycles. The summed E-state index contributed by atoms with van der Waals surface area (Å²) < 4.78 is 28.7. The van der Waals surface area contributed by atoms with Crippen LogP contribution in [0.1, 0.15) is 37.5 Å². The summed E-state index contributed by atoms with van der Waals surface area (Å²) >= 11 is 6.06. The standard InChI is InChI=1S/C30H36ClN3O4S/c1-21(2)18-32-30(36)24(5)33(19-25-10-6-22(3)7-11-25)29(35)20-34(27-14-12-26(31)13-15-27)39(37,38)28-16-8-23(4)9-17-28/h6-17,21,24H,18-20H2,1-5H3,(H,32,36). The summed E-state index contributed by atoms with van der Waals surface area (Å²) in [5.41, 5.74) is 3.10. The number of hydrogen-bond donors (Lipinski definition) is 1. The number of nitrogens with zero attached hydrogens (tertiary/aromatic N) is 2. The number of carbonyl (C=O) groups is 2. The van der Waals surface area contributed by atoms with Gasteiger partial charge in [0.2, 0.25) is 11.8 Å². The lowest BCUT2D eigenvalue weighted by Crippen LogP contribution is -2.51. The number of rotatable bonds is 11. The van der Waals surface area contributed by atoms with Gasteiger partial charge in [0, 0.05) is 18.1 Å². The van der Waals surface area contributed by atoms with Gasteiger partial charge in [-0.15, -0.1) is 0 Å². The van der Waals surface area contributed by atoms with Crippen LogP contribution in [0.15, 0.2) is 77.7 Å². The molecule has 0 saturated heterocycles. The molecule has 0 saturated carbocycles. The second-order valence-corrected chi connectivity index (χ2v) is 12.4. The maximum Gasteiger partial charge on any atom is 0.264 e. The minimum Gasteiger partial charge on any atom is -0.354 e. The van der Waals surface area contributed by atoms with E-state index in [0.717, 1.165) is 21.0 Å². The SMILES string of the molecule is Cc1ccc(CN(C(=O)CN(c2ccc(Cl)cc2)S(=O)(=O)c2ccc(C)cc2)C(C)C(=O)NCC(C)C)cc1. The molecule has 0 heterocycles. The molecule has 0 spiro atoms. The van der Waals surface area contributed by atoms with Crippen molar-refractivity contribution in [3.63, 3.8) is 0 Å². The Kier molecular flexibility index (Phi) is 10.2. The van der Waals surface area contributed by atoms with Crippen LogP contribution in [0.25, 0.3) is 0 Å². The molecule has 0 fully saturated rings. The van der Waals surface area contributed by atoms with Crippen molar-refractivity contribution in [3.05, 3.63) is 94.5 Å². The lowest BCUT2D eigenvalue weighted by Gasteiger charge is -2.32. The highest BCUT2D eigenvalue weighted by molar-refractivity contribution is 7.92. The van der Waals surface area contributed by atoms with E-state index in [1.165, 1.54) is 17.0 Å². The van der Waals surface area contributed by atoms with Crippen molar-refractivity contribution in [1.29, 1.82) is 0 Å². The van der Waals surface area contributed by atoms with E-state index in [9.17, 15) is 18.0 Å². The van der Waals surface area contributed by atoms with E-state index < -0.39 is 28.5 Å². The number of sulfonamides is 1. The topological polar surface area (TPSA) is 86.8 Å². The first kappa shape index (κ1) is 30.2. The highest BCUT2D eigenvalue weighted by atomic mass is 35.5. The number of anilines is 1. The lowest BCUT2D eigenvalue weighted by molar-refractivity contribution is -0.139. The molecule has 1 N–H and O–H groups in total. The molecule has 3 aromatic carbocycles. The van der Waals surface area contributed by atoms with E-state index in [-0.39, 0.29) is 23.3 Å². The third-order valence-corrected chi connectivity index (χ3v) is 8.37. The quantitative estimate of drug-likeness (QED) is 0.338. The summed E-state index contributed by atoms with van der Waals surface area (Å²) in [6.07, 6.45) is 0. The number of halogens is 1. The average Bonchev–Trinajstić information content (AvgIpc) is 2.90. The fraction of sp³-hybridized carbons (Fsp3) is 0.333. The summed E-state index contributed by atoms with van der Waals surface area (Å²) in [6.45, 7) is 9.58. The molecular formula is C30H36ClN3O4S. The zero-order valence-electron chi connectivity index (χ0n) is 23.0. The van der Waals surface area contributed by atoms with Gasteiger partial charge in [-0.1, -0.05) is 73.0 Å². The van der Waals surface area contributed by atoms with Crippen LogP contribution >= 0.6 is 11.6 Å². The van der Waals surface area contributed by atoms with Gasteiger partial charge in [0.25, 0.3) is 10.0 Å². The normalized spacial score (nSPS) is 12.2. The van der Waals surface area contributed by atoms with Crippen LogP contribution in [-0.2, 0) is 26.2 Å². The molecule has 3 rings (SSSR count). The first-order chi connectivity index (χ1) is 18.4. The first-order valence-corrected chi connectivity index (χ1v) is 14.7. The van der Waals surface area contributed by atoms with Crippen molar-refractivity contribution < 1.29 is 18.0 Å². The van der Waals surface area contributed by atoms with Gasteiger partial charge in [0.1, 0.15) is 12.6 Å². The Bertz CT molecular complexity index is 1370. The van der Waals surface area contributed by atoms with Gasteiger partial charge in [-0.25, -0.2) is 8.42 Å². The van der Waals surface area contributed by atoms with E-state index in [1.807, 2.05) is 52.0 Å². The zero-order valence-corrected chi connectivity index (χ0v) is 24.6. The Morgan fingerprint density at radius 2 is 1.38 bits per heavy atom. The highest BCUT2D eigenvalue weighted by Crippen LogP contribution is 2.26. The molecule has 0 radical (unpaired) electrons. The third kappa shape index (κ3) is 8.07. The van der Waals surface area contributed by atoms with E-state index in [2.05, 4.69) is 5.32 Å². The van der Waals surface area contributed by atoms with E-state index in [1.54, 1.807) is 43.3 Å². The second kappa shape index (κ2) is 13.1. The van der Waals surface area contributed by atoms with Crippen molar-refractivity contribution in [1.82, 2.24) is 10.2 Å². The number of benzene rings is 3. The molecule has 208 valence electrons. The summed E-state index contributed by atoms with van der Waals surface area (Å²) in [5, 5.41) is 3.32. The Balaban J connectivity index is 2.00. The summed E-state index contributed by atoms with van der Waals surface area (Å²) in [6, 6.07) is 19.6. The lowest BCUT2D eigenvalue weighted by atomic mass is 10.1. The molecule has 9 heteroatoms. The van der Waals surface area contributed by atoms with Gasteiger partial charge in [-0.05, 0) is 68.7 Å². The predicted molar refractivity (Wildman–Crippen MR) is 156 cm³/mol. The van der Waals surface area contributed by atoms with Crippen LogP contribution in [-0.4, -0.2) is 44.3 Å². The molecule has 1 atom stereocenters. The van der Waals surface area contributed by atoms with Crippen LogP contribution in [0.3, 0.4) is 0 Å². The smallest absolute Gasteiger partial charge is 0.264 e. The van der Waals surface area contributed by atoms with Gasteiger partial charge in [-0.3, -0.25) is 13.9 Å². The van der Waals surface area contributed by atoms with Crippen LogP contribution in [0.4, 0.5) is 5.69 Å². The van der Waals surface area contributed by atoms with Gasteiger partial charge < -0.3 is 10.2 Å². The molecule has 0 aliphatic carbocycles. The molecule has 0 aliphatic rings. The summed E-state index contributed by atoms with van der Waals surface area (Å²) in [4.78, 5) is 28.4. The number of amides is 2. The number of carbonyl (C=O) groups excluding carboxylic acids is 2. The largest absolute Gasteiger partial charge is 0.354 e. The van der Waals surface area contributed by atoms with Crippen LogP contribution < -0.4 is 9.62 Å². The summed E-state index contributed by atoms with van der Waals surface area (Å²) in [5.74, 6) is -0.570. The number of nitrogens with one attached hydrogen (secondary N) is 1. The zero-order chi connectivity index (χ0) is 28.7. The van der Waals surface area contributed by atoms with E-state index >= 15 is 0 Å². The number of hydrogen-bond acceptors (Lipinski definition) is 4. The van der Waals surface area contributed by atoms with Crippen molar-refractivity contribution in [2.75, 3.05) is 17.4 Å². The molecule has 7 nitrogen and oxygen atoms in total. The maximum absolute atomic E-state index is 13.9. The molecule has 3 aromatic rings. The Hall–Kier alpha value is -3.36.